The summed E-state index contributed by atoms with van der Waals surface area (Å²) >= 11 is 0. The molecule has 5 heteroatoms. The summed E-state index contributed by atoms with van der Waals surface area (Å²) in [6.45, 7) is 0.625. The second kappa shape index (κ2) is 6.89. The fourth-order valence-electron chi connectivity index (χ4n) is 2.93. The van der Waals surface area contributed by atoms with Crippen molar-refractivity contribution >= 4 is 11.7 Å². The molecule has 0 heterocycles. The van der Waals surface area contributed by atoms with Crippen molar-refractivity contribution in [2.45, 2.75) is 32.1 Å². The Hall–Kier alpha value is -1.62. The molecule has 2 N–H and O–H groups in total. The number of ether oxygens (including phenoxy) is 1. The summed E-state index contributed by atoms with van der Waals surface area (Å²) < 4.78 is 18.1. The van der Waals surface area contributed by atoms with Crippen molar-refractivity contribution in [3.63, 3.8) is 0 Å². The summed E-state index contributed by atoms with van der Waals surface area (Å²) in [7, 11) is 1.30. The number of nitrogens with one attached hydrogen (secondary N) is 1. The predicted molar refractivity (Wildman–Crippen MR) is 78.8 cm³/mol. The van der Waals surface area contributed by atoms with Crippen LogP contribution >= 0.6 is 0 Å². The van der Waals surface area contributed by atoms with E-state index < -0.39 is 11.8 Å². The van der Waals surface area contributed by atoms with Crippen molar-refractivity contribution in [3.05, 3.63) is 29.6 Å². The summed E-state index contributed by atoms with van der Waals surface area (Å²) in [6.07, 6.45) is 5.26. The minimum absolute atomic E-state index is 0.100. The van der Waals surface area contributed by atoms with Gasteiger partial charge < -0.3 is 15.2 Å². The Morgan fingerprint density at radius 1 is 1.38 bits per heavy atom. The van der Waals surface area contributed by atoms with Crippen molar-refractivity contribution in [1.29, 1.82) is 0 Å². The number of hydrogen-bond donors (Lipinski definition) is 2. The van der Waals surface area contributed by atoms with E-state index in [0.29, 0.717) is 17.8 Å². The number of carbonyl (C=O) groups is 1. The van der Waals surface area contributed by atoms with E-state index in [4.69, 9.17) is 4.74 Å². The van der Waals surface area contributed by atoms with E-state index in [1.807, 2.05) is 0 Å². The molecule has 4 nitrogen and oxygen atoms in total. The van der Waals surface area contributed by atoms with Gasteiger partial charge in [-0.1, -0.05) is 19.3 Å². The van der Waals surface area contributed by atoms with Crippen molar-refractivity contribution < 1.29 is 19.0 Å². The molecule has 0 aromatic heterocycles. The summed E-state index contributed by atoms with van der Waals surface area (Å²) in [6, 6.07) is 3.94. The van der Waals surface area contributed by atoms with E-state index in [1.54, 1.807) is 0 Å². The molecular formula is C16H22FNO3. The molecule has 2 rings (SSSR count). The quantitative estimate of drug-likeness (QED) is 0.820. The number of esters is 1. The Balaban J connectivity index is 2.14. The van der Waals surface area contributed by atoms with Gasteiger partial charge in [0.05, 0.1) is 25.0 Å². The predicted octanol–water partition coefficient (Wildman–Crippen LogP) is 2.97. The van der Waals surface area contributed by atoms with Crippen LogP contribution in [0.5, 0.6) is 0 Å². The van der Waals surface area contributed by atoms with Crippen molar-refractivity contribution in [2.24, 2.45) is 5.41 Å². The topological polar surface area (TPSA) is 58.6 Å². The molecule has 0 aliphatic heterocycles. The Morgan fingerprint density at radius 2 is 2.10 bits per heavy atom. The lowest BCUT2D eigenvalue weighted by atomic mass is 9.74. The zero-order chi connectivity index (χ0) is 15.3. The van der Waals surface area contributed by atoms with Crippen molar-refractivity contribution in [3.8, 4) is 0 Å². The number of carbonyl (C=O) groups excluding carboxylic acids is 1. The zero-order valence-corrected chi connectivity index (χ0v) is 12.3. The first kappa shape index (κ1) is 15.8. The molecule has 0 spiro atoms. The van der Waals surface area contributed by atoms with Gasteiger partial charge in [0.2, 0.25) is 0 Å². The van der Waals surface area contributed by atoms with Crippen LogP contribution in [0.3, 0.4) is 0 Å². The monoisotopic (exact) mass is 295 g/mol. The highest BCUT2D eigenvalue weighted by Crippen LogP contribution is 2.36. The fraction of sp³-hybridized carbons (Fsp3) is 0.562. The van der Waals surface area contributed by atoms with Gasteiger partial charge in [-0.3, -0.25) is 0 Å². The van der Waals surface area contributed by atoms with E-state index in [1.165, 1.54) is 31.7 Å². The molecule has 116 valence electrons. The fourth-order valence-corrected chi connectivity index (χ4v) is 2.93. The third kappa shape index (κ3) is 3.73. The average molecular weight is 295 g/mol. The lowest BCUT2D eigenvalue weighted by molar-refractivity contribution is 0.0601. The van der Waals surface area contributed by atoms with Crippen LogP contribution < -0.4 is 5.32 Å². The minimum atomic E-state index is -0.501. The van der Waals surface area contributed by atoms with Gasteiger partial charge in [0.25, 0.3) is 0 Å². The first-order chi connectivity index (χ1) is 10.1. The highest BCUT2D eigenvalue weighted by atomic mass is 19.1. The lowest BCUT2D eigenvalue weighted by Gasteiger charge is -2.36. The molecule has 0 saturated heterocycles. The number of aliphatic hydroxyl groups is 1. The molecule has 0 unspecified atom stereocenters. The van der Waals surface area contributed by atoms with E-state index >= 15 is 0 Å². The number of methoxy groups -OCH3 is 1. The maximum absolute atomic E-state index is 13.4. The summed E-state index contributed by atoms with van der Waals surface area (Å²) in [5.41, 5.74) is 0.542. The minimum Gasteiger partial charge on any atom is -0.465 e. The zero-order valence-electron chi connectivity index (χ0n) is 12.3. The molecule has 0 bridgehead atoms. The number of anilines is 1. The summed E-state index contributed by atoms with van der Waals surface area (Å²) in [4.78, 5) is 11.7. The van der Waals surface area contributed by atoms with Gasteiger partial charge in [0.1, 0.15) is 5.82 Å². The molecule has 0 amide bonds. The molecule has 1 saturated carbocycles. The first-order valence-corrected chi connectivity index (χ1v) is 7.33. The molecule has 1 fully saturated rings. The smallest absolute Gasteiger partial charge is 0.339 e. The number of benzene rings is 1. The van der Waals surface area contributed by atoms with Crippen LogP contribution in [0.1, 0.15) is 42.5 Å². The highest BCUT2D eigenvalue weighted by Gasteiger charge is 2.31. The van der Waals surface area contributed by atoms with Crippen LogP contribution in [-0.4, -0.2) is 31.3 Å². The Kier molecular flexibility index (Phi) is 5.17. The SMILES string of the molecule is COC(=O)c1ccc(F)cc1NCC1(CO)CCCCC1. The van der Waals surface area contributed by atoms with Crippen LogP contribution in [0.25, 0.3) is 0 Å². The Morgan fingerprint density at radius 3 is 2.71 bits per heavy atom. The van der Waals surface area contributed by atoms with Crippen LogP contribution in [0, 0.1) is 11.2 Å². The van der Waals surface area contributed by atoms with E-state index in [0.717, 1.165) is 25.7 Å². The second-order valence-corrected chi connectivity index (χ2v) is 5.75. The summed E-state index contributed by atoms with van der Waals surface area (Å²) in [5, 5.41) is 12.8. The third-order valence-electron chi connectivity index (χ3n) is 4.29. The number of rotatable bonds is 5. The van der Waals surface area contributed by atoms with E-state index in [-0.39, 0.29) is 12.0 Å². The number of aliphatic hydroxyl groups excluding tert-OH is 1. The van der Waals surface area contributed by atoms with Gasteiger partial charge in [-0.2, -0.15) is 0 Å². The van der Waals surface area contributed by atoms with Crippen LogP contribution in [0.15, 0.2) is 18.2 Å². The first-order valence-electron chi connectivity index (χ1n) is 7.33. The maximum atomic E-state index is 13.4. The van der Waals surface area contributed by atoms with E-state index in [9.17, 15) is 14.3 Å². The normalized spacial score (nSPS) is 17.3. The van der Waals surface area contributed by atoms with Gasteiger partial charge >= 0.3 is 5.97 Å². The van der Waals surface area contributed by atoms with Crippen LogP contribution in [0.2, 0.25) is 0 Å². The molecule has 0 radical (unpaired) electrons. The van der Waals surface area contributed by atoms with Gasteiger partial charge in [0, 0.05) is 12.0 Å². The van der Waals surface area contributed by atoms with Gasteiger partial charge in [0.15, 0.2) is 0 Å². The Labute approximate surface area is 124 Å². The number of hydrogen-bond acceptors (Lipinski definition) is 4. The summed E-state index contributed by atoms with van der Waals surface area (Å²) in [5.74, 6) is -0.911. The molecular weight excluding hydrogens is 273 g/mol. The van der Waals surface area contributed by atoms with Crippen molar-refractivity contribution in [1.82, 2.24) is 0 Å². The van der Waals surface area contributed by atoms with Crippen LogP contribution in [0.4, 0.5) is 10.1 Å². The van der Waals surface area contributed by atoms with Gasteiger partial charge in [-0.15, -0.1) is 0 Å². The molecule has 1 aromatic rings. The maximum Gasteiger partial charge on any atom is 0.339 e. The molecule has 1 aromatic carbocycles. The van der Waals surface area contributed by atoms with Gasteiger partial charge in [-0.05, 0) is 31.0 Å². The average Bonchev–Trinajstić information content (AvgIpc) is 2.53. The molecule has 1 aliphatic carbocycles. The van der Waals surface area contributed by atoms with Crippen LogP contribution in [-0.2, 0) is 4.74 Å². The highest BCUT2D eigenvalue weighted by molar-refractivity contribution is 5.95. The Bertz CT molecular complexity index is 498. The molecule has 21 heavy (non-hydrogen) atoms. The standard InChI is InChI=1S/C16H22FNO3/c1-21-15(20)13-6-5-12(17)9-14(13)18-10-16(11-19)7-3-2-4-8-16/h5-6,9,18-19H,2-4,7-8,10-11H2,1H3. The van der Waals surface area contributed by atoms with Gasteiger partial charge in [-0.25, -0.2) is 9.18 Å². The van der Waals surface area contributed by atoms with Crippen molar-refractivity contribution in [2.75, 3.05) is 25.6 Å². The number of halogens is 1. The second-order valence-electron chi connectivity index (χ2n) is 5.75. The lowest BCUT2D eigenvalue weighted by Crippen LogP contribution is -2.35. The third-order valence-corrected chi connectivity index (χ3v) is 4.29. The molecule has 1 aliphatic rings. The van der Waals surface area contributed by atoms with E-state index in [2.05, 4.69) is 5.32 Å². The largest absolute Gasteiger partial charge is 0.465 e. The molecule has 0 atom stereocenters.